The van der Waals surface area contributed by atoms with Gasteiger partial charge in [-0.05, 0) is 35.7 Å². The number of amides is 2. The minimum absolute atomic E-state index is 0.143. The lowest BCUT2D eigenvalue weighted by atomic mass is 10.2. The van der Waals surface area contributed by atoms with Gasteiger partial charge in [-0.3, -0.25) is 9.59 Å². The highest BCUT2D eigenvalue weighted by molar-refractivity contribution is 8.02. The molecular weight excluding hydrogens is 344 g/mol. The number of carbonyl (C=O) groups is 2. The fourth-order valence-electron chi connectivity index (χ4n) is 2.07. The van der Waals surface area contributed by atoms with Crippen molar-refractivity contribution < 1.29 is 14.3 Å². The van der Waals surface area contributed by atoms with Crippen molar-refractivity contribution >= 4 is 40.6 Å². The van der Waals surface area contributed by atoms with Crippen LogP contribution in [0.5, 0.6) is 0 Å². The molecule has 2 amide bonds. The van der Waals surface area contributed by atoms with E-state index in [4.69, 9.17) is 4.74 Å². The van der Waals surface area contributed by atoms with E-state index < -0.39 is 0 Å². The molecule has 0 unspecified atom stereocenters. The van der Waals surface area contributed by atoms with Crippen LogP contribution < -0.4 is 10.6 Å². The van der Waals surface area contributed by atoms with E-state index >= 15 is 0 Å². The predicted molar refractivity (Wildman–Crippen MR) is 97.1 cm³/mol. The number of thioether (sulfide) groups is 1. The Labute approximate surface area is 148 Å². The summed E-state index contributed by atoms with van der Waals surface area (Å²) in [6.45, 7) is 1.05. The lowest BCUT2D eigenvalue weighted by molar-refractivity contribution is -0.116. The van der Waals surface area contributed by atoms with Crippen molar-refractivity contribution in [2.75, 3.05) is 17.7 Å². The SMILES string of the molecule is O=C(Nc1ccc(C(=O)NCc2cccs2)cc1)C1=CSCCO1. The maximum absolute atomic E-state index is 12.1. The van der Waals surface area contributed by atoms with Gasteiger partial charge in [0.1, 0.15) is 0 Å². The van der Waals surface area contributed by atoms with E-state index in [2.05, 4.69) is 10.6 Å². The molecule has 7 heteroatoms. The normalized spacial score (nSPS) is 13.6. The molecule has 0 fully saturated rings. The van der Waals surface area contributed by atoms with E-state index in [0.29, 0.717) is 30.2 Å². The summed E-state index contributed by atoms with van der Waals surface area (Å²) in [7, 11) is 0. The van der Waals surface area contributed by atoms with Gasteiger partial charge in [-0.15, -0.1) is 23.1 Å². The molecule has 0 saturated heterocycles. The maximum Gasteiger partial charge on any atom is 0.291 e. The van der Waals surface area contributed by atoms with Gasteiger partial charge >= 0.3 is 0 Å². The largest absolute Gasteiger partial charge is 0.487 e. The maximum atomic E-state index is 12.1. The molecule has 0 bridgehead atoms. The number of thiophene rings is 1. The summed E-state index contributed by atoms with van der Waals surface area (Å²) in [6, 6.07) is 10.7. The number of ether oxygens (including phenoxy) is 1. The molecule has 0 spiro atoms. The predicted octanol–water partition coefficient (Wildman–Crippen LogP) is 3.22. The highest BCUT2D eigenvalue weighted by atomic mass is 32.2. The number of carbonyl (C=O) groups excluding carboxylic acids is 2. The van der Waals surface area contributed by atoms with Crippen LogP contribution in [0.25, 0.3) is 0 Å². The third-order valence-electron chi connectivity index (χ3n) is 3.28. The molecule has 0 aliphatic carbocycles. The van der Waals surface area contributed by atoms with E-state index in [1.54, 1.807) is 52.8 Å². The van der Waals surface area contributed by atoms with Crippen molar-refractivity contribution in [1.82, 2.24) is 5.32 Å². The first-order valence-corrected chi connectivity index (χ1v) is 9.32. The average Bonchev–Trinajstić information content (AvgIpc) is 3.14. The third-order valence-corrected chi connectivity index (χ3v) is 4.94. The van der Waals surface area contributed by atoms with E-state index in [0.717, 1.165) is 10.6 Å². The Morgan fingerprint density at radius 2 is 1.96 bits per heavy atom. The molecule has 3 rings (SSSR count). The van der Waals surface area contributed by atoms with E-state index in [9.17, 15) is 9.59 Å². The Morgan fingerprint density at radius 3 is 2.62 bits per heavy atom. The molecule has 124 valence electrons. The second-order valence-electron chi connectivity index (χ2n) is 4.99. The average molecular weight is 360 g/mol. The number of anilines is 1. The monoisotopic (exact) mass is 360 g/mol. The summed E-state index contributed by atoms with van der Waals surface area (Å²) in [5.74, 6) is 0.753. The number of nitrogens with one attached hydrogen (secondary N) is 2. The summed E-state index contributed by atoms with van der Waals surface area (Å²) in [5, 5.41) is 9.31. The summed E-state index contributed by atoms with van der Waals surface area (Å²) >= 11 is 3.15. The van der Waals surface area contributed by atoms with Crippen LogP contribution in [0.4, 0.5) is 5.69 Å². The van der Waals surface area contributed by atoms with Crippen LogP contribution in [0.1, 0.15) is 15.2 Å². The first kappa shape index (κ1) is 16.6. The third kappa shape index (κ3) is 4.39. The molecule has 0 atom stereocenters. The second kappa shape index (κ2) is 8.03. The number of hydrogen-bond acceptors (Lipinski definition) is 5. The van der Waals surface area contributed by atoms with Crippen molar-refractivity contribution in [1.29, 1.82) is 0 Å². The first-order chi connectivity index (χ1) is 11.7. The van der Waals surface area contributed by atoms with Gasteiger partial charge in [-0.2, -0.15) is 0 Å². The van der Waals surface area contributed by atoms with Crippen LogP contribution in [-0.4, -0.2) is 24.2 Å². The van der Waals surface area contributed by atoms with Crippen molar-refractivity contribution in [3.8, 4) is 0 Å². The van der Waals surface area contributed by atoms with E-state index in [-0.39, 0.29) is 11.8 Å². The Morgan fingerprint density at radius 1 is 1.12 bits per heavy atom. The summed E-state index contributed by atoms with van der Waals surface area (Å²) < 4.78 is 5.31. The number of rotatable bonds is 5. The highest BCUT2D eigenvalue weighted by Crippen LogP contribution is 2.17. The Hall–Kier alpha value is -2.25. The molecule has 2 aromatic rings. The molecule has 1 aromatic carbocycles. The quantitative estimate of drug-likeness (QED) is 0.859. The molecule has 0 saturated carbocycles. The van der Waals surface area contributed by atoms with Crippen LogP contribution in [-0.2, 0) is 16.1 Å². The van der Waals surface area contributed by atoms with Crippen molar-refractivity contribution in [3.05, 3.63) is 63.4 Å². The smallest absolute Gasteiger partial charge is 0.291 e. The highest BCUT2D eigenvalue weighted by Gasteiger charge is 2.14. The van der Waals surface area contributed by atoms with Crippen molar-refractivity contribution in [2.24, 2.45) is 0 Å². The minimum Gasteiger partial charge on any atom is -0.487 e. The molecule has 1 aromatic heterocycles. The van der Waals surface area contributed by atoms with Gasteiger partial charge in [-0.1, -0.05) is 6.07 Å². The van der Waals surface area contributed by atoms with Crippen LogP contribution in [0.2, 0.25) is 0 Å². The molecular formula is C17H16N2O3S2. The van der Waals surface area contributed by atoms with Gasteiger partial charge in [0.2, 0.25) is 0 Å². The van der Waals surface area contributed by atoms with Crippen LogP contribution in [0.3, 0.4) is 0 Å². The zero-order valence-electron chi connectivity index (χ0n) is 12.8. The molecule has 1 aliphatic heterocycles. The van der Waals surface area contributed by atoms with Crippen LogP contribution >= 0.6 is 23.1 Å². The zero-order valence-corrected chi connectivity index (χ0v) is 14.4. The Kier molecular flexibility index (Phi) is 5.55. The lowest BCUT2D eigenvalue weighted by Crippen LogP contribution is -2.22. The van der Waals surface area contributed by atoms with Crippen LogP contribution in [0.15, 0.2) is 52.9 Å². The second-order valence-corrected chi connectivity index (χ2v) is 7.00. The molecule has 2 heterocycles. The molecule has 2 N–H and O–H groups in total. The van der Waals surface area contributed by atoms with Crippen molar-refractivity contribution in [3.63, 3.8) is 0 Å². The first-order valence-electron chi connectivity index (χ1n) is 7.39. The molecule has 1 aliphatic rings. The van der Waals surface area contributed by atoms with Gasteiger partial charge in [0.25, 0.3) is 11.8 Å². The summed E-state index contributed by atoms with van der Waals surface area (Å²) in [4.78, 5) is 25.2. The Balaban J connectivity index is 1.55. The van der Waals surface area contributed by atoms with Crippen molar-refractivity contribution in [2.45, 2.75) is 6.54 Å². The van der Waals surface area contributed by atoms with Crippen LogP contribution in [0, 0.1) is 0 Å². The Bertz CT molecular complexity index is 740. The van der Waals surface area contributed by atoms with Gasteiger partial charge in [0.05, 0.1) is 13.2 Å². The van der Waals surface area contributed by atoms with Gasteiger partial charge in [0, 0.05) is 27.3 Å². The summed E-state index contributed by atoms with van der Waals surface area (Å²) in [5.41, 5.74) is 1.17. The lowest BCUT2D eigenvalue weighted by Gasteiger charge is -2.14. The fraction of sp³-hybridized carbons (Fsp3) is 0.176. The standard InChI is InChI=1S/C17H16N2O3S2/c20-16(18-10-14-2-1-8-24-14)12-3-5-13(6-4-12)19-17(21)15-11-23-9-7-22-15/h1-6,8,11H,7,9-10H2,(H,18,20)(H,19,21). The van der Waals surface area contributed by atoms with Gasteiger partial charge in [-0.25, -0.2) is 0 Å². The number of benzene rings is 1. The fourth-order valence-corrected chi connectivity index (χ4v) is 3.34. The zero-order chi connectivity index (χ0) is 16.8. The van der Waals surface area contributed by atoms with Gasteiger partial charge < -0.3 is 15.4 Å². The van der Waals surface area contributed by atoms with E-state index in [1.807, 2.05) is 17.5 Å². The molecule has 0 radical (unpaired) electrons. The number of hydrogen-bond donors (Lipinski definition) is 2. The molecule has 5 nitrogen and oxygen atoms in total. The van der Waals surface area contributed by atoms with Gasteiger partial charge in [0.15, 0.2) is 5.76 Å². The van der Waals surface area contributed by atoms with E-state index in [1.165, 1.54) is 0 Å². The minimum atomic E-state index is -0.280. The summed E-state index contributed by atoms with van der Waals surface area (Å²) in [6.07, 6.45) is 0. The molecule has 24 heavy (non-hydrogen) atoms. The topological polar surface area (TPSA) is 67.4 Å².